The van der Waals surface area contributed by atoms with Gasteiger partial charge in [0.05, 0.1) is 24.0 Å². The molecule has 6 rings (SSSR count). The van der Waals surface area contributed by atoms with E-state index in [1.54, 1.807) is 11.1 Å². The second-order valence-corrected chi connectivity index (χ2v) is 11.3. The van der Waals surface area contributed by atoms with Gasteiger partial charge in [0.15, 0.2) is 6.61 Å². The van der Waals surface area contributed by atoms with Gasteiger partial charge in [-0.2, -0.15) is 0 Å². The minimum atomic E-state index is -3.35. The van der Waals surface area contributed by atoms with Crippen LogP contribution in [0.2, 0.25) is 0 Å². The fourth-order valence-corrected chi connectivity index (χ4v) is 6.86. The van der Waals surface area contributed by atoms with Gasteiger partial charge >= 0.3 is 0 Å². The number of hydrogen-bond acceptors (Lipinski definition) is 6. The Morgan fingerprint density at radius 1 is 1.10 bits per heavy atom. The molecule has 3 fully saturated rings. The van der Waals surface area contributed by atoms with Gasteiger partial charge in [0.25, 0.3) is 5.91 Å². The Morgan fingerprint density at radius 3 is 2.68 bits per heavy atom. The van der Waals surface area contributed by atoms with Gasteiger partial charge in [-0.1, -0.05) is 6.07 Å². The number of aromatic nitrogens is 1. The third-order valence-electron chi connectivity index (χ3n) is 7.13. The molecule has 1 aromatic heterocycles. The molecule has 2 saturated carbocycles. The van der Waals surface area contributed by atoms with Crippen LogP contribution >= 0.6 is 0 Å². The van der Waals surface area contributed by atoms with Gasteiger partial charge in [-0.05, 0) is 63.4 Å². The molecular weight excluding hydrogens is 418 g/mol. The molecule has 31 heavy (non-hydrogen) atoms. The summed E-state index contributed by atoms with van der Waals surface area (Å²) in [7, 11) is -3.35. The molecule has 0 radical (unpaired) electrons. The summed E-state index contributed by atoms with van der Waals surface area (Å²) < 4.78 is 40.3. The maximum absolute atomic E-state index is 13.1. The smallest absolute Gasteiger partial charge is 0.260 e. The normalized spacial score (nSPS) is 32.1. The van der Waals surface area contributed by atoms with Crippen LogP contribution in [0.4, 0.5) is 0 Å². The maximum Gasteiger partial charge on any atom is 0.260 e. The number of piperidine rings is 1. The van der Waals surface area contributed by atoms with Crippen molar-refractivity contribution in [1.82, 2.24) is 14.6 Å². The molecule has 9 heteroatoms. The van der Waals surface area contributed by atoms with Crippen molar-refractivity contribution in [3.63, 3.8) is 0 Å². The van der Waals surface area contributed by atoms with Crippen molar-refractivity contribution in [2.24, 2.45) is 0 Å². The molecule has 1 aromatic rings. The Morgan fingerprint density at radius 2 is 1.90 bits per heavy atom. The van der Waals surface area contributed by atoms with Crippen molar-refractivity contribution in [2.75, 3.05) is 19.8 Å². The molecule has 2 aliphatic carbocycles. The van der Waals surface area contributed by atoms with Crippen LogP contribution in [0.3, 0.4) is 0 Å². The first kappa shape index (κ1) is 21.2. The number of hydrogen-bond donors (Lipinski definition) is 1. The van der Waals surface area contributed by atoms with Crippen molar-refractivity contribution in [1.29, 1.82) is 0 Å². The van der Waals surface area contributed by atoms with Gasteiger partial charge in [0.2, 0.25) is 15.9 Å². The molecule has 1 N–H and O–H groups in total. The van der Waals surface area contributed by atoms with Gasteiger partial charge in [-0.15, -0.1) is 0 Å². The number of nitrogens with one attached hydrogen (secondary N) is 1. The van der Waals surface area contributed by atoms with Gasteiger partial charge in [-0.25, -0.2) is 18.1 Å². The van der Waals surface area contributed by atoms with Gasteiger partial charge in [0, 0.05) is 24.3 Å². The fraction of sp³-hybridized carbons (Fsp3) is 0.727. The lowest BCUT2D eigenvalue weighted by atomic mass is 9.83. The number of amides is 1. The Kier molecular flexibility index (Phi) is 5.92. The summed E-state index contributed by atoms with van der Waals surface area (Å²) in [5, 5.41) is -0.282. The highest BCUT2D eigenvalue weighted by Crippen LogP contribution is 2.38. The van der Waals surface area contributed by atoms with Crippen LogP contribution in [0.1, 0.15) is 62.8 Å². The summed E-state index contributed by atoms with van der Waals surface area (Å²) >= 11 is 0. The average molecular weight is 450 g/mol. The van der Waals surface area contributed by atoms with E-state index < -0.39 is 10.0 Å². The van der Waals surface area contributed by atoms with Crippen molar-refractivity contribution < 1.29 is 22.7 Å². The number of carbonyl (C=O) groups is 1. The first-order valence-electron chi connectivity index (χ1n) is 11.5. The molecule has 170 valence electrons. The molecule has 0 unspecified atom stereocenters. The highest BCUT2D eigenvalue weighted by Gasteiger charge is 2.42. The van der Waals surface area contributed by atoms with E-state index in [-0.39, 0.29) is 36.0 Å². The predicted octanol–water partition coefficient (Wildman–Crippen LogP) is 1.96. The van der Waals surface area contributed by atoms with Gasteiger partial charge < -0.3 is 14.4 Å². The lowest BCUT2D eigenvalue weighted by molar-refractivity contribution is -0.140. The third-order valence-corrected chi connectivity index (χ3v) is 9.11. The molecule has 0 aromatic carbocycles. The van der Waals surface area contributed by atoms with Crippen LogP contribution in [-0.2, 0) is 19.6 Å². The first-order valence-corrected chi connectivity index (χ1v) is 13.1. The number of carbonyl (C=O) groups excluding carboxylic acids is 1. The molecule has 3 aliphatic heterocycles. The van der Waals surface area contributed by atoms with Crippen LogP contribution in [-0.4, -0.2) is 67.4 Å². The maximum atomic E-state index is 13.1. The lowest BCUT2D eigenvalue weighted by Gasteiger charge is -2.42. The monoisotopic (exact) mass is 449 g/mol. The molecule has 0 spiro atoms. The van der Waals surface area contributed by atoms with Crippen molar-refractivity contribution in [2.45, 2.75) is 80.7 Å². The van der Waals surface area contributed by atoms with Crippen LogP contribution in [0.15, 0.2) is 18.3 Å². The van der Waals surface area contributed by atoms with E-state index in [9.17, 15) is 13.2 Å². The van der Waals surface area contributed by atoms with E-state index in [1.165, 1.54) is 0 Å². The minimum Gasteiger partial charge on any atom is -0.467 e. The van der Waals surface area contributed by atoms with Crippen LogP contribution in [0.25, 0.3) is 0 Å². The van der Waals surface area contributed by atoms with Crippen LogP contribution in [0.5, 0.6) is 5.88 Å². The SMILES string of the molecule is O=C1COc2ncccc2C2CCC(CC2)OC[C@H]2[C@@H](NS(=O)(=O)C3CC3)CCCN12. The molecule has 1 saturated heterocycles. The topological polar surface area (TPSA) is 97.8 Å². The third kappa shape index (κ3) is 4.59. The zero-order chi connectivity index (χ0) is 21.4. The van der Waals surface area contributed by atoms with Gasteiger partial charge in [-0.3, -0.25) is 4.79 Å². The zero-order valence-corrected chi connectivity index (χ0v) is 18.6. The quantitative estimate of drug-likeness (QED) is 0.758. The van der Waals surface area contributed by atoms with E-state index in [4.69, 9.17) is 9.47 Å². The average Bonchev–Trinajstić information content (AvgIpc) is 3.63. The summed E-state index contributed by atoms with van der Waals surface area (Å²) in [5.74, 6) is 0.756. The standard InChI is InChI=1S/C22H31N3O5S/c26-21-14-30-22-18(3-1-11-23-22)15-5-7-16(8-6-15)29-13-20-19(4-2-12-25(20)21)24-31(27,28)17-9-10-17/h1,3,11,15-17,19-20,24H,2,4-10,12-14H2/t15?,16?,19-,20-/m0/s1. The number of ether oxygens (including phenoxy) is 2. The molecule has 2 bridgehead atoms. The number of sulfonamides is 1. The summed E-state index contributed by atoms with van der Waals surface area (Å²) in [6, 6.07) is 3.32. The predicted molar refractivity (Wildman–Crippen MR) is 114 cm³/mol. The summed E-state index contributed by atoms with van der Waals surface area (Å²) in [6.07, 6.45) is 8.60. The molecule has 1 amide bonds. The van der Waals surface area contributed by atoms with Crippen LogP contribution < -0.4 is 9.46 Å². The number of nitrogens with zero attached hydrogens (tertiary/aromatic N) is 2. The number of fused-ring (bicyclic) bond motifs is 5. The van der Waals surface area contributed by atoms with Gasteiger partial charge in [0.1, 0.15) is 0 Å². The lowest BCUT2D eigenvalue weighted by Crippen LogP contribution is -2.60. The fourth-order valence-electron chi connectivity index (χ4n) is 5.22. The molecular formula is C22H31N3O5S. The minimum absolute atomic E-state index is 0.0985. The summed E-state index contributed by atoms with van der Waals surface area (Å²) in [4.78, 5) is 19.3. The number of pyridine rings is 1. The van der Waals surface area contributed by atoms with E-state index >= 15 is 0 Å². The van der Waals surface area contributed by atoms with Crippen molar-refractivity contribution in [3.05, 3.63) is 23.9 Å². The second kappa shape index (κ2) is 8.67. The molecule has 2 atom stereocenters. The molecule has 8 nitrogen and oxygen atoms in total. The Balaban J connectivity index is 1.40. The zero-order valence-electron chi connectivity index (χ0n) is 17.7. The Hall–Kier alpha value is -1.71. The second-order valence-electron chi connectivity index (χ2n) is 9.26. The van der Waals surface area contributed by atoms with E-state index in [0.29, 0.717) is 31.4 Å². The Labute approximate surface area is 183 Å². The van der Waals surface area contributed by atoms with E-state index in [0.717, 1.165) is 50.5 Å². The van der Waals surface area contributed by atoms with E-state index in [1.807, 2.05) is 12.1 Å². The Bertz CT molecular complexity index is 911. The molecule has 4 heterocycles. The largest absolute Gasteiger partial charge is 0.467 e. The highest BCUT2D eigenvalue weighted by molar-refractivity contribution is 7.90. The summed E-state index contributed by atoms with van der Waals surface area (Å²) in [5.41, 5.74) is 1.07. The highest BCUT2D eigenvalue weighted by atomic mass is 32.2. The number of rotatable bonds is 3. The first-order chi connectivity index (χ1) is 15.0. The van der Waals surface area contributed by atoms with E-state index in [2.05, 4.69) is 9.71 Å². The van der Waals surface area contributed by atoms with Crippen molar-refractivity contribution >= 4 is 15.9 Å². The van der Waals surface area contributed by atoms with Crippen LogP contribution in [0, 0.1) is 0 Å². The molecule has 5 aliphatic rings. The van der Waals surface area contributed by atoms with Crippen molar-refractivity contribution in [3.8, 4) is 5.88 Å². The summed E-state index contributed by atoms with van der Waals surface area (Å²) in [6.45, 7) is 0.836.